The zero-order valence-corrected chi connectivity index (χ0v) is 14.1. The Bertz CT molecular complexity index is 827. The first-order chi connectivity index (χ1) is 10.9. The van der Waals surface area contributed by atoms with Crippen molar-refractivity contribution >= 4 is 27.0 Å². The molecule has 1 aliphatic rings. The highest BCUT2D eigenvalue weighted by Gasteiger charge is 2.39. The summed E-state index contributed by atoms with van der Waals surface area (Å²) in [5.41, 5.74) is 1.25. The third-order valence-electron chi connectivity index (χ3n) is 3.84. The highest BCUT2D eigenvalue weighted by atomic mass is 32.2. The van der Waals surface area contributed by atoms with Gasteiger partial charge in [-0.2, -0.15) is 15.6 Å². The molecular weight excluding hydrogens is 336 g/mol. The van der Waals surface area contributed by atoms with Crippen LogP contribution in [0.3, 0.4) is 0 Å². The predicted molar refractivity (Wildman–Crippen MR) is 87.9 cm³/mol. The van der Waals surface area contributed by atoms with E-state index < -0.39 is 14.9 Å². The number of benzene rings is 1. The fourth-order valence-electron chi connectivity index (χ4n) is 2.44. The minimum Gasteiger partial charge on any atom is -0.258 e. The summed E-state index contributed by atoms with van der Waals surface area (Å²) < 4.78 is 27.6. The number of nitro groups is 1. The molecular formula is C15H16N2O4S2. The smallest absolute Gasteiger partial charge is 0.258 e. The van der Waals surface area contributed by atoms with Gasteiger partial charge < -0.3 is 0 Å². The molecule has 0 aliphatic heterocycles. The third-order valence-corrected chi connectivity index (χ3v) is 6.61. The van der Waals surface area contributed by atoms with Gasteiger partial charge in [0, 0.05) is 24.7 Å². The zero-order valence-electron chi connectivity index (χ0n) is 12.5. The summed E-state index contributed by atoms with van der Waals surface area (Å²) in [7, 11) is -3.77. The van der Waals surface area contributed by atoms with Crippen LogP contribution in [0.4, 0.5) is 5.69 Å². The average molecular weight is 352 g/mol. The zero-order chi connectivity index (χ0) is 16.6. The van der Waals surface area contributed by atoms with Crippen molar-refractivity contribution in [2.24, 2.45) is 0 Å². The SMILES string of the molecule is Cc1ccc([N+](=O)[O-])cc1S(=O)(=O)N(Cc1ccsc1)C1CC1. The quantitative estimate of drug-likeness (QED) is 0.590. The van der Waals surface area contributed by atoms with E-state index >= 15 is 0 Å². The van der Waals surface area contributed by atoms with E-state index in [1.807, 2.05) is 16.8 Å². The molecule has 0 spiro atoms. The highest BCUT2D eigenvalue weighted by Crippen LogP contribution is 2.35. The van der Waals surface area contributed by atoms with E-state index in [2.05, 4.69) is 0 Å². The summed E-state index contributed by atoms with van der Waals surface area (Å²) in [6.07, 6.45) is 1.66. The molecule has 23 heavy (non-hydrogen) atoms. The topological polar surface area (TPSA) is 80.5 Å². The van der Waals surface area contributed by atoms with E-state index in [4.69, 9.17) is 0 Å². The first-order valence-electron chi connectivity index (χ1n) is 7.17. The molecule has 1 aromatic heterocycles. The summed E-state index contributed by atoms with van der Waals surface area (Å²) >= 11 is 1.52. The number of nitrogens with zero attached hydrogens (tertiary/aromatic N) is 2. The van der Waals surface area contributed by atoms with E-state index in [0.717, 1.165) is 24.5 Å². The van der Waals surface area contributed by atoms with Crippen molar-refractivity contribution in [1.82, 2.24) is 4.31 Å². The van der Waals surface area contributed by atoms with Crippen LogP contribution in [0, 0.1) is 17.0 Å². The molecule has 1 saturated carbocycles. The molecule has 0 radical (unpaired) electrons. The van der Waals surface area contributed by atoms with Crippen LogP contribution >= 0.6 is 11.3 Å². The maximum atomic E-state index is 13.0. The number of aryl methyl sites for hydroxylation is 1. The molecule has 6 nitrogen and oxygen atoms in total. The summed E-state index contributed by atoms with van der Waals surface area (Å²) in [4.78, 5) is 10.4. The summed E-state index contributed by atoms with van der Waals surface area (Å²) in [6, 6.07) is 5.86. The molecule has 0 saturated heterocycles. The number of sulfonamides is 1. The maximum absolute atomic E-state index is 13.0. The number of rotatable bonds is 6. The van der Waals surface area contributed by atoms with Crippen molar-refractivity contribution in [3.63, 3.8) is 0 Å². The molecule has 122 valence electrons. The van der Waals surface area contributed by atoms with Crippen LogP contribution in [-0.2, 0) is 16.6 Å². The van der Waals surface area contributed by atoms with Crippen molar-refractivity contribution in [2.75, 3.05) is 0 Å². The minimum absolute atomic E-state index is 0.0152. The van der Waals surface area contributed by atoms with E-state index in [1.54, 1.807) is 6.92 Å². The maximum Gasteiger partial charge on any atom is 0.270 e. The van der Waals surface area contributed by atoms with Gasteiger partial charge >= 0.3 is 0 Å². The van der Waals surface area contributed by atoms with Crippen molar-refractivity contribution in [3.8, 4) is 0 Å². The Balaban J connectivity index is 2.01. The first-order valence-corrected chi connectivity index (χ1v) is 9.56. The van der Waals surface area contributed by atoms with Gasteiger partial charge in [0.1, 0.15) is 0 Å². The van der Waals surface area contributed by atoms with Crippen LogP contribution in [0.25, 0.3) is 0 Å². The molecule has 0 N–H and O–H groups in total. The molecule has 0 bridgehead atoms. The molecule has 0 atom stereocenters. The Kier molecular flexibility index (Phi) is 4.22. The van der Waals surface area contributed by atoms with Crippen molar-refractivity contribution < 1.29 is 13.3 Å². The van der Waals surface area contributed by atoms with Gasteiger partial charge in [-0.3, -0.25) is 10.1 Å². The van der Waals surface area contributed by atoms with E-state index in [1.165, 1.54) is 27.8 Å². The fraction of sp³-hybridized carbons (Fsp3) is 0.333. The Morgan fingerprint density at radius 2 is 2.09 bits per heavy atom. The number of hydrogen-bond donors (Lipinski definition) is 0. The molecule has 2 aromatic rings. The van der Waals surface area contributed by atoms with E-state index in [9.17, 15) is 18.5 Å². The Morgan fingerprint density at radius 1 is 1.35 bits per heavy atom. The molecule has 1 aromatic carbocycles. The molecule has 1 aliphatic carbocycles. The molecule has 1 heterocycles. The van der Waals surface area contributed by atoms with Crippen LogP contribution in [0.15, 0.2) is 39.9 Å². The van der Waals surface area contributed by atoms with E-state index in [0.29, 0.717) is 12.1 Å². The standard InChI is InChI=1S/C15H16N2O4S2/c1-11-2-3-14(17(18)19)8-15(11)23(20,21)16(13-4-5-13)9-12-6-7-22-10-12/h2-3,6-8,10,13H,4-5,9H2,1H3. The molecule has 1 fully saturated rings. The second-order valence-electron chi connectivity index (χ2n) is 5.62. The van der Waals surface area contributed by atoms with Crippen LogP contribution in [-0.4, -0.2) is 23.7 Å². The average Bonchev–Trinajstić information content (AvgIpc) is 3.20. The lowest BCUT2D eigenvalue weighted by molar-refractivity contribution is -0.385. The van der Waals surface area contributed by atoms with Gasteiger partial charge in [0.25, 0.3) is 5.69 Å². The largest absolute Gasteiger partial charge is 0.270 e. The van der Waals surface area contributed by atoms with Crippen molar-refractivity contribution in [1.29, 1.82) is 0 Å². The van der Waals surface area contributed by atoms with Crippen LogP contribution in [0.5, 0.6) is 0 Å². The fourth-order valence-corrected chi connectivity index (χ4v) is 5.02. The second kappa shape index (κ2) is 6.03. The van der Waals surface area contributed by atoms with Gasteiger partial charge in [-0.1, -0.05) is 6.07 Å². The Labute approximate surface area is 138 Å². The lowest BCUT2D eigenvalue weighted by atomic mass is 10.2. The number of non-ortho nitro benzene ring substituents is 1. The van der Waals surface area contributed by atoms with Gasteiger partial charge in [0.2, 0.25) is 10.0 Å². The second-order valence-corrected chi connectivity index (χ2v) is 8.26. The lowest BCUT2D eigenvalue weighted by Crippen LogP contribution is -2.33. The van der Waals surface area contributed by atoms with Crippen LogP contribution in [0.1, 0.15) is 24.0 Å². The van der Waals surface area contributed by atoms with Crippen LogP contribution < -0.4 is 0 Å². The predicted octanol–water partition coefficient (Wildman–Crippen LogP) is 3.32. The first kappa shape index (κ1) is 16.1. The third kappa shape index (κ3) is 3.29. The van der Waals surface area contributed by atoms with Gasteiger partial charge in [-0.25, -0.2) is 8.42 Å². The monoisotopic (exact) mass is 352 g/mol. The normalized spacial score (nSPS) is 15.0. The number of thiophene rings is 1. The van der Waals surface area contributed by atoms with Gasteiger partial charge in [0.15, 0.2) is 0 Å². The number of hydrogen-bond acceptors (Lipinski definition) is 5. The molecule has 8 heteroatoms. The van der Waals surface area contributed by atoms with Crippen LogP contribution in [0.2, 0.25) is 0 Å². The van der Waals surface area contributed by atoms with Gasteiger partial charge in [-0.15, -0.1) is 0 Å². The molecule has 0 amide bonds. The highest BCUT2D eigenvalue weighted by molar-refractivity contribution is 7.89. The Morgan fingerprint density at radius 3 is 2.65 bits per heavy atom. The van der Waals surface area contributed by atoms with E-state index in [-0.39, 0.29) is 16.6 Å². The molecule has 3 rings (SSSR count). The van der Waals surface area contributed by atoms with Crippen molar-refractivity contribution in [2.45, 2.75) is 37.2 Å². The lowest BCUT2D eigenvalue weighted by Gasteiger charge is -2.22. The Hall–Kier alpha value is -1.77. The number of nitro benzene ring substituents is 1. The minimum atomic E-state index is -3.77. The van der Waals surface area contributed by atoms with Gasteiger partial charge in [-0.05, 0) is 47.7 Å². The molecule has 0 unspecified atom stereocenters. The van der Waals surface area contributed by atoms with Gasteiger partial charge in [0.05, 0.1) is 9.82 Å². The summed E-state index contributed by atoms with van der Waals surface area (Å²) in [6.45, 7) is 1.96. The summed E-state index contributed by atoms with van der Waals surface area (Å²) in [5, 5.41) is 14.8. The summed E-state index contributed by atoms with van der Waals surface area (Å²) in [5.74, 6) is 0. The van der Waals surface area contributed by atoms with Crippen molar-refractivity contribution in [3.05, 3.63) is 56.3 Å².